The van der Waals surface area contributed by atoms with Gasteiger partial charge in [-0.15, -0.1) is 0 Å². The van der Waals surface area contributed by atoms with Crippen LogP contribution in [0.4, 0.5) is 5.69 Å². The van der Waals surface area contributed by atoms with E-state index in [1.54, 1.807) is 0 Å². The Labute approximate surface area is 125 Å². The van der Waals surface area contributed by atoms with Crippen molar-refractivity contribution in [1.82, 2.24) is 5.32 Å². The molecule has 1 fully saturated rings. The molecule has 0 radical (unpaired) electrons. The molecule has 1 aliphatic heterocycles. The Hall–Kier alpha value is -0.540. The number of halogens is 1. The first kappa shape index (κ1) is 14.9. The van der Waals surface area contributed by atoms with Gasteiger partial charge in [-0.2, -0.15) is 0 Å². The van der Waals surface area contributed by atoms with Gasteiger partial charge in [-0.25, -0.2) is 0 Å². The molecular formula is C16H25BrN2. The number of anilines is 1. The van der Waals surface area contributed by atoms with E-state index >= 15 is 0 Å². The van der Waals surface area contributed by atoms with E-state index in [0.717, 1.165) is 13.1 Å². The van der Waals surface area contributed by atoms with Crippen LogP contribution in [0, 0.1) is 6.92 Å². The molecular weight excluding hydrogens is 300 g/mol. The van der Waals surface area contributed by atoms with Crippen LogP contribution in [0.3, 0.4) is 0 Å². The SMILES string of the molecule is CCCC1CN(c2cc(Br)ccc2C)C(CC)CN1. The molecule has 2 rings (SSSR count). The van der Waals surface area contributed by atoms with E-state index in [-0.39, 0.29) is 0 Å². The highest BCUT2D eigenvalue weighted by atomic mass is 79.9. The molecule has 0 amide bonds. The Bertz CT molecular complexity index is 419. The van der Waals surface area contributed by atoms with Gasteiger partial charge < -0.3 is 10.2 Å². The largest absolute Gasteiger partial charge is 0.365 e. The minimum absolute atomic E-state index is 0.612. The number of piperazine rings is 1. The van der Waals surface area contributed by atoms with Gasteiger partial charge in [0.15, 0.2) is 0 Å². The Balaban J connectivity index is 2.24. The van der Waals surface area contributed by atoms with Crippen LogP contribution in [0.25, 0.3) is 0 Å². The third kappa shape index (κ3) is 3.51. The van der Waals surface area contributed by atoms with E-state index in [2.05, 4.69) is 65.1 Å². The van der Waals surface area contributed by atoms with E-state index < -0.39 is 0 Å². The molecule has 2 nitrogen and oxygen atoms in total. The molecule has 2 atom stereocenters. The van der Waals surface area contributed by atoms with Crippen molar-refractivity contribution >= 4 is 21.6 Å². The van der Waals surface area contributed by atoms with Crippen molar-refractivity contribution < 1.29 is 0 Å². The summed E-state index contributed by atoms with van der Waals surface area (Å²) in [4.78, 5) is 2.61. The van der Waals surface area contributed by atoms with Crippen molar-refractivity contribution in [2.24, 2.45) is 0 Å². The van der Waals surface area contributed by atoms with Crippen molar-refractivity contribution in [3.8, 4) is 0 Å². The lowest BCUT2D eigenvalue weighted by molar-refractivity contribution is 0.369. The van der Waals surface area contributed by atoms with Crippen LogP contribution in [-0.4, -0.2) is 25.2 Å². The highest BCUT2D eigenvalue weighted by Crippen LogP contribution is 2.28. The second-order valence-electron chi connectivity index (χ2n) is 5.54. The maximum Gasteiger partial charge on any atom is 0.0412 e. The summed E-state index contributed by atoms with van der Waals surface area (Å²) in [6, 6.07) is 7.85. The van der Waals surface area contributed by atoms with Crippen LogP contribution >= 0.6 is 15.9 Å². The smallest absolute Gasteiger partial charge is 0.0412 e. The van der Waals surface area contributed by atoms with Crippen LogP contribution in [0.2, 0.25) is 0 Å². The van der Waals surface area contributed by atoms with Crippen molar-refractivity contribution in [3.05, 3.63) is 28.2 Å². The molecule has 19 heavy (non-hydrogen) atoms. The van der Waals surface area contributed by atoms with Crippen LogP contribution < -0.4 is 10.2 Å². The Morgan fingerprint density at radius 3 is 2.84 bits per heavy atom. The molecule has 106 valence electrons. The maximum atomic E-state index is 3.70. The monoisotopic (exact) mass is 324 g/mol. The molecule has 0 aliphatic carbocycles. The third-order valence-electron chi connectivity index (χ3n) is 4.09. The second kappa shape index (κ2) is 6.76. The van der Waals surface area contributed by atoms with E-state index in [9.17, 15) is 0 Å². The highest BCUT2D eigenvalue weighted by Gasteiger charge is 2.27. The summed E-state index contributed by atoms with van der Waals surface area (Å²) in [6.07, 6.45) is 3.71. The van der Waals surface area contributed by atoms with Gasteiger partial charge in [-0.3, -0.25) is 0 Å². The minimum atomic E-state index is 0.612. The van der Waals surface area contributed by atoms with E-state index in [0.29, 0.717) is 12.1 Å². The summed E-state index contributed by atoms with van der Waals surface area (Å²) in [5.74, 6) is 0. The number of benzene rings is 1. The molecule has 1 aliphatic rings. The fourth-order valence-electron chi connectivity index (χ4n) is 2.96. The van der Waals surface area contributed by atoms with Gasteiger partial charge in [-0.1, -0.05) is 42.3 Å². The number of nitrogens with one attached hydrogen (secondary N) is 1. The summed E-state index contributed by atoms with van der Waals surface area (Å²) in [6.45, 7) is 9.00. The summed E-state index contributed by atoms with van der Waals surface area (Å²) in [7, 11) is 0. The Morgan fingerprint density at radius 1 is 1.37 bits per heavy atom. The van der Waals surface area contributed by atoms with Gasteiger partial charge in [-0.05, 0) is 37.5 Å². The fraction of sp³-hybridized carbons (Fsp3) is 0.625. The average molecular weight is 325 g/mol. The van der Waals surface area contributed by atoms with Crippen LogP contribution in [0.15, 0.2) is 22.7 Å². The number of aryl methyl sites for hydroxylation is 1. The normalized spacial score (nSPS) is 23.7. The lowest BCUT2D eigenvalue weighted by Gasteiger charge is -2.42. The van der Waals surface area contributed by atoms with Gasteiger partial charge in [0, 0.05) is 35.3 Å². The van der Waals surface area contributed by atoms with Crippen molar-refractivity contribution in [2.75, 3.05) is 18.0 Å². The summed E-state index contributed by atoms with van der Waals surface area (Å²) in [5, 5.41) is 3.70. The van der Waals surface area contributed by atoms with Crippen molar-refractivity contribution in [2.45, 2.75) is 52.1 Å². The topological polar surface area (TPSA) is 15.3 Å². The quantitative estimate of drug-likeness (QED) is 0.896. The molecule has 1 saturated heterocycles. The molecule has 1 aromatic rings. The van der Waals surface area contributed by atoms with Crippen molar-refractivity contribution in [3.63, 3.8) is 0 Å². The molecule has 0 saturated carbocycles. The van der Waals surface area contributed by atoms with Crippen LogP contribution in [0.1, 0.15) is 38.7 Å². The lowest BCUT2D eigenvalue weighted by atomic mass is 10.0. The number of nitrogens with zero attached hydrogens (tertiary/aromatic N) is 1. The molecule has 1 N–H and O–H groups in total. The molecule has 0 bridgehead atoms. The fourth-order valence-corrected chi connectivity index (χ4v) is 3.31. The van der Waals surface area contributed by atoms with E-state index in [1.165, 1.54) is 35.0 Å². The first-order chi connectivity index (χ1) is 9.15. The highest BCUT2D eigenvalue weighted by molar-refractivity contribution is 9.10. The van der Waals surface area contributed by atoms with E-state index in [1.807, 2.05) is 0 Å². The number of rotatable bonds is 4. The molecule has 2 unspecified atom stereocenters. The average Bonchev–Trinajstić information content (AvgIpc) is 2.42. The molecule has 0 aromatic heterocycles. The van der Waals surface area contributed by atoms with Crippen LogP contribution in [0.5, 0.6) is 0 Å². The predicted octanol–water partition coefficient (Wildman–Crippen LogP) is 4.11. The lowest BCUT2D eigenvalue weighted by Crippen LogP contribution is -2.56. The first-order valence-electron chi connectivity index (χ1n) is 7.41. The Kier molecular flexibility index (Phi) is 5.28. The zero-order valence-electron chi connectivity index (χ0n) is 12.2. The van der Waals surface area contributed by atoms with E-state index in [4.69, 9.17) is 0 Å². The summed E-state index contributed by atoms with van der Waals surface area (Å²) >= 11 is 3.61. The summed E-state index contributed by atoms with van der Waals surface area (Å²) in [5.41, 5.74) is 2.77. The zero-order chi connectivity index (χ0) is 13.8. The molecule has 3 heteroatoms. The number of hydrogen-bond acceptors (Lipinski definition) is 2. The molecule has 0 spiro atoms. The van der Waals surface area contributed by atoms with Gasteiger partial charge in [0.05, 0.1) is 0 Å². The second-order valence-corrected chi connectivity index (χ2v) is 6.45. The predicted molar refractivity (Wildman–Crippen MR) is 87.0 cm³/mol. The van der Waals surface area contributed by atoms with Gasteiger partial charge in [0.25, 0.3) is 0 Å². The standard InChI is InChI=1S/C16H25BrN2/c1-4-6-14-11-19(15(5-2)10-18-14)16-9-13(17)8-7-12(16)3/h7-9,14-15,18H,4-6,10-11H2,1-3H3. The van der Waals surface area contributed by atoms with Gasteiger partial charge >= 0.3 is 0 Å². The van der Waals surface area contributed by atoms with Crippen molar-refractivity contribution in [1.29, 1.82) is 0 Å². The molecule has 1 aromatic carbocycles. The summed E-state index contributed by atoms with van der Waals surface area (Å²) < 4.78 is 1.17. The first-order valence-corrected chi connectivity index (χ1v) is 8.21. The number of hydrogen-bond donors (Lipinski definition) is 1. The zero-order valence-corrected chi connectivity index (χ0v) is 13.8. The Morgan fingerprint density at radius 2 is 2.16 bits per heavy atom. The van der Waals surface area contributed by atoms with Gasteiger partial charge in [0.2, 0.25) is 0 Å². The maximum absolute atomic E-state index is 3.70. The third-order valence-corrected chi connectivity index (χ3v) is 4.58. The van der Waals surface area contributed by atoms with Gasteiger partial charge in [0.1, 0.15) is 0 Å². The molecule has 1 heterocycles. The minimum Gasteiger partial charge on any atom is -0.365 e. The van der Waals surface area contributed by atoms with Crippen LogP contribution in [-0.2, 0) is 0 Å².